The normalized spacial score (nSPS) is 13.7. The van der Waals surface area contributed by atoms with Gasteiger partial charge in [0.25, 0.3) is 0 Å². The second kappa shape index (κ2) is 5.70. The average Bonchev–Trinajstić information content (AvgIpc) is 3.17. The second-order valence-electron chi connectivity index (χ2n) is 4.57. The van der Waals surface area contributed by atoms with Crippen LogP contribution in [0.25, 0.3) is 0 Å². The van der Waals surface area contributed by atoms with Crippen molar-refractivity contribution in [3.05, 3.63) is 29.3 Å². The Labute approximate surface area is 107 Å². The highest BCUT2D eigenvalue weighted by atomic mass is 16.2. The lowest BCUT2D eigenvalue weighted by atomic mass is 10.1. The molecular formula is C15H17NO2. The summed E-state index contributed by atoms with van der Waals surface area (Å²) >= 11 is 0. The molecule has 0 radical (unpaired) electrons. The van der Waals surface area contributed by atoms with Crippen LogP contribution in [0.4, 0.5) is 5.69 Å². The number of nitrogens with one attached hydrogen (secondary N) is 1. The SMILES string of the molecule is Cc1ccc(C#CCCO)cc1NC(=O)C1CC1. The first kappa shape index (κ1) is 12.7. The molecule has 3 nitrogen and oxygen atoms in total. The maximum atomic E-state index is 11.7. The summed E-state index contributed by atoms with van der Waals surface area (Å²) in [6, 6.07) is 5.76. The van der Waals surface area contributed by atoms with E-state index in [1.807, 2.05) is 25.1 Å². The number of carbonyl (C=O) groups is 1. The van der Waals surface area contributed by atoms with E-state index in [0.717, 1.165) is 29.7 Å². The summed E-state index contributed by atoms with van der Waals surface area (Å²) in [5.41, 5.74) is 2.74. The summed E-state index contributed by atoms with van der Waals surface area (Å²) in [5, 5.41) is 11.6. The smallest absolute Gasteiger partial charge is 0.227 e. The molecule has 1 fully saturated rings. The van der Waals surface area contributed by atoms with Gasteiger partial charge in [-0.15, -0.1) is 0 Å². The Morgan fingerprint density at radius 2 is 2.28 bits per heavy atom. The Balaban J connectivity index is 2.11. The van der Waals surface area contributed by atoms with Gasteiger partial charge < -0.3 is 10.4 Å². The van der Waals surface area contributed by atoms with Crippen LogP contribution in [-0.4, -0.2) is 17.6 Å². The zero-order chi connectivity index (χ0) is 13.0. The molecule has 1 aliphatic rings. The first-order chi connectivity index (χ1) is 8.70. The highest BCUT2D eigenvalue weighted by Gasteiger charge is 2.29. The molecule has 0 saturated heterocycles. The number of amides is 1. The molecule has 0 heterocycles. The van der Waals surface area contributed by atoms with Crippen LogP contribution in [0.2, 0.25) is 0 Å². The minimum absolute atomic E-state index is 0.0735. The van der Waals surface area contributed by atoms with Gasteiger partial charge in [-0.05, 0) is 37.5 Å². The van der Waals surface area contributed by atoms with Crippen molar-refractivity contribution in [2.75, 3.05) is 11.9 Å². The largest absolute Gasteiger partial charge is 0.395 e. The molecular weight excluding hydrogens is 226 g/mol. The summed E-state index contributed by atoms with van der Waals surface area (Å²) in [7, 11) is 0. The highest BCUT2D eigenvalue weighted by Crippen LogP contribution is 2.30. The number of aliphatic hydroxyl groups is 1. The van der Waals surface area contributed by atoms with Crippen LogP contribution in [0, 0.1) is 24.7 Å². The van der Waals surface area contributed by atoms with E-state index in [-0.39, 0.29) is 18.4 Å². The van der Waals surface area contributed by atoms with Gasteiger partial charge in [-0.1, -0.05) is 17.9 Å². The molecule has 1 aromatic rings. The maximum absolute atomic E-state index is 11.7. The van der Waals surface area contributed by atoms with E-state index in [1.165, 1.54) is 0 Å². The number of aryl methyl sites for hydroxylation is 1. The van der Waals surface area contributed by atoms with Crippen LogP contribution in [0.15, 0.2) is 18.2 Å². The van der Waals surface area contributed by atoms with Crippen molar-refractivity contribution >= 4 is 11.6 Å². The van der Waals surface area contributed by atoms with Crippen molar-refractivity contribution in [3.8, 4) is 11.8 Å². The predicted octanol–water partition coefficient (Wildman–Crippen LogP) is 2.08. The minimum Gasteiger partial charge on any atom is -0.395 e. The van der Waals surface area contributed by atoms with Crippen molar-refractivity contribution in [2.24, 2.45) is 5.92 Å². The Morgan fingerprint density at radius 1 is 1.50 bits per heavy atom. The number of aliphatic hydroxyl groups excluding tert-OH is 1. The summed E-state index contributed by atoms with van der Waals surface area (Å²) in [4.78, 5) is 11.7. The van der Waals surface area contributed by atoms with Crippen LogP contribution in [0.3, 0.4) is 0 Å². The van der Waals surface area contributed by atoms with Crippen molar-refractivity contribution in [2.45, 2.75) is 26.2 Å². The van der Waals surface area contributed by atoms with Crippen molar-refractivity contribution < 1.29 is 9.90 Å². The van der Waals surface area contributed by atoms with E-state index in [0.29, 0.717) is 6.42 Å². The lowest BCUT2D eigenvalue weighted by molar-refractivity contribution is -0.117. The molecule has 3 heteroatoms. The molecule has 0 unspecified atom stereocenters. The van der Waals surface area contributed by atoms with Gasteiger partial charge in [0, 0.05) is 23.6 Å². The third-order valence-corrected chi connectivity index (χ3v) is 2.91. The number of rotatable bonds is 3. The molecule has 1 aromatic carbocycles. The summed E-state index contributed by atoms with van der Waals surface area (Å²) in [6.45, 7) is 2.04. The highest BCUT2D eigenvalue weighted by molar-refractivity contribution is 5.94. The van der Waals surface area contributed by atoms with Gasteiger partial charge in [0.1, 0.15) is 0 Å². The van der Waals surface area contributed by atoms with Gasteiger partial charge in [0.05, 0.1) is 6.61 Å². The molecule has 0 bridgehead atoms. The number of hydrogen-bond acceptors (Lipinski definition) is 2. The maximum Gasteiger partial charge on any atom is 0.227 e. The van der Waals surface area contributed by atoms with Crippen LogP contribution in [0.1, 0.15) is 30.4 Å². The van der Waals surface area contributed by atoms with Crippen LogP contribution in [-0.2, 0) is 4.79 Å². The standard InChI is InChI=1S/C15H17NO2/c1-11-5-6-12(4-2-3-9-17)10-14(11)16-15(18)13-7-8-13/h5-6,10,13,17H,3,7-9H2,1H3,(H,16,18). The molecule has 1 aliphatic carbocycles. The van der Waals surface area contributed by atoms with Gasteiger partial charge in [0.15, 0.2) is 0 Å². The third kappa shape index (κ3) is 3.35. The van der Waals surface area contributed by atoms with Crippen LogP contribution < -0.4 is 5.32 Å². The molecule has 2 rings (SSSR count). The van der Waals surface area contributed by atoms with Gasteiger partial charge in [-0.25, -0.2) is 0 Å². The zero-order valence-corrected chi connectivity index (χ0v) is 10.5. The monoisotopic (exact) mass is 243 g/mol. The molecule has 0 aromatic heterocycles. The Kier molecular flexibility index (Phi) is 4.01. The van der Waals surface area contributed by atoms with E-state index in [9.17, 15) is 4.79 Å². The fourth-order valence-electron chi connectivity index (χ4n) is 1.64. The van der Waals surface area contributed by atoms with E-state index in [4.69, 9.17) is 5.11 Å². The van der Waals surface area contributed by atoms with E-state index in [2.05, 4.69) is 17.2 Å². The molecule has 2 N–H and O–H groups in total. The molecule has 0 spiro atoms. The molecule has 1 amide bonds. The first-order valence-electron chi connectivity index (χ1n) is 6.22. The Hall–Kier alpha value is -1.79. The second-order valence-corrected chi connectivity index (χ2v) is 4.57. The Morgan fingerprint density at radius 3 is 2.94 bits per heavy atom. The zero-order valence-electron chi connectivity index (χ0n) is 10.5. The van der Waals surface area contributed by atoms with Gasteiger partial charge in [-0.2, -0.15) is 0 Å². The lowest BCUT2D eigenvalue weighted by Crippen LogP contribution is -2.14. The summed E-state index contributed by atoms with van der Waals surface area (Å²) in [5.74, 6) is 6.16. The first-order valence-corrected chi connectivity index (χ1v) is 6.22. The van der Waals surface area contributed by atoms with E-state index in [1.54, 1.807) is 0 Å². The van der Waals surface area contributed by atoms with Gasteiger partial charge in [-0.3, -0.25) is 4.79 Å². The molecule has 1 saturated carbocycles. The van der Waals surface area contributed by atoms with Crippen molar-refractivity contribution in [3.63, 3.8) is 0 Å². The summed E-state index contributed by atoms with van der Waals surface area (Å²) in [6.07, 6.45) is 2.47. The fraction of sp³-hybridized carbons (Fsp3) is 0.400. The van der Waals surface area contributed by atoms with Crippen LogP contribution >= 0.6 is 0 Å². The number of carbonyl (C=O) groups excluding carboxylic acids is 1. The van der Waals surface area contributed by atoms with E-state index < -0.39 is 0 Å². The minimum atomic E-state index is 0.0735. The lowest BCUT2D eigenvalue weighted by Gasteiger charge is -2.08. The molecule has 94 valence electrons. The fourth-order valence-corrected chi connectivity index (χ4v) is 1.64. The molecule has 18 heavy (non-hydrogen) atoms. The van der Waals surface area contributed by atoms with E-state index >= 15 is 0 Å². The molecule has 0 aliphatic heterocycles. The summed E-state index contributed by atoms with van der Waals surface area (Å²) < 4.78 is 0. The third-order valence-electron chi connectivity index (χ3n) is 2.91. The number of anilines is 1. The van der Waals surface area contributed by atoms with Crippen molar-refractivity contribution in [1.29, 1.82) is 0 Å². The average molecular weight is 243 g/mol. The Bertz CT molecular complexity index is 507. The quantitative estimate of drug-likeness (QED) is 0.798. The van der Waals surface area contributed by atoms with Crippen molar-refractivity contribution in [1.82, 2.24) is 0 Å². The van der Waals surface area contributed by atoms with Gasteiger partial charge in [0.2, 0.25) is 5.91 Å². The van der Waals surface area contributed by atoms with Crippen LogP contribution in [0.5, 0.6) is 0 Å². The number of hydrogen-bond donors (Lipinski definition) is 2. The number of benzene rings is 1. The topological polar surface area (TPSA) is 49.3 Å². The molecule has 0 atom stereocenters. The van der Waals surface area contributed by atoms with Gasteiger partial charge >= 0.3 is 0 Å². The predicted molar refractivity (Wildman–Crippen MR) is 71.1 cm³/mol.